The Morgan fingerprint density at radius 2 is 1.56 bits per heavy atom. The largest absolute Gasteiger partial charge is 0.300 e. The highest BCUT2D eigenvalue weighted by Gasteiger charge is 2.48. The number of benzene rings is 2. The Bertz CT molecular complexity index is 949. The lowest BCUT2D eigenvalue weighted by molar-refractivity contribution is 0.0849. The number of hydrogen-bond donors (Lipinski definition) is 0. The molecule has 0 unspecified atom stereocenters. The molecule has 0 bridgehead atoms. The molecule has 1 fully saturated rings. The molecule has 2 aromatic carbocycles. The van der Waals surface area contributed by atoms with Crippen LogP contribution < -0.4 is 0 Å². The standard InChI is InChI=1S/C24H27NS2/c1-25(2)23(18-8-4-3-5-9-18)13-15-24(16-14-23)22-19-10-6-7-11-20(19)27-21(22)12-17-26-24/h3-11H,12-17H2,1-2H3. The lowest BCUT2D eigenvalue weighted by Crippen LogP contribution is -2.47. The predicted molar refractivity (Wildman–Crippen MR) is 120 cm³/mol. The lowest BCUT2D eigenvalue weighted by Gasteiger charge is -2.51. The molecule has 1 spiro atoms. The Labute approximate surface area is 170 Å². The third kappa shape index (κ3) is 2.70. The fourth-order valence-electron chi connectivity index (χ4n) is 5.39. The molecule has 0 atom stereocenters. The number of fused-ring (bicyclic) bond motifs is 4. The van der Waals surface area contributed by atoms with E-state index in [2.05, 4.69) is 85.4 Å². The van der Waals surface area contributed by atoms with Gasteiger partial charge < -0.3 is 0 Å². The van der Waals surface area contributed by atoms with E-state index in [1.54, 1.807) is 10.4 Å². The third-order valence-corrected chi connectivity index (χ3v) is 9.69. The van der Waals surface area contributed by atoms with Gasteiger partial charge in [-0.2, -0.15) is 0 Å². The molecule has 140 valence electrons. The van der Waals surface area contributed by atoms with Crippen LogP contribution in [0.4, 0.5) is 0 Å². The third-order valence-electron chi connectivity index (χ3n) is 6.88. The SMILES string of the molecule is CN(C)C1(c2ccccc2)CCC2(CC1)SCCc1sc3ccccc3c12. The number of nitrogens with zero attached hydrogens (tertiary/aromatic N) is 1. The Morgan fingerprint density at radius 1 is 0.852 bits per heavy atom. The lowest BCUT2D eigenvalue weighted by atomic mass is 9.69. The summed E-state index contributed by atoms with van der Waals surface area (Å²) in [6.07, 6.45) is 6.27. The van der Waals surface area contributed by atoms with Crippen molar-refractivity contribution in [2.45, 2.75) is 42.4 Å². The maximum Gasteiger partial charge on any atom is 0.0456 e. The maximum absolute atomic E-state index is 2.48. The van der Waals surface area contributed by atoms with Gasteiger partial charge in [0.15, 0.2) is 0 Å². The van der Waals surface area contributed by atoms with Crippen LogP contribution in [0.3, 0.4) is 0 Å². The first-order valence-electron chi connectivity index (χ1n) is 10.0. The summed E-state index contributed by atoms with van der Waals surface area (Å²) in [5.41, 5.74) is 3.36. The molecule has 3 aromatic rings. The van der Waals surface area contributed by atoms with E-state index >= 15 is 0 Å². The Morgan fingerprint density at radius 3 is 2.30 bits per heavy atom. The van der Waals surface area contributed by atoms with E-state index < -0.39 is 0 Å². The summed E-state index contributed by atoms with van der Waals surface area (Å²) in [6.45, 7) is 0. The van der Waals surface area contributed by atoms with Crippen molar-refractivity contribution < 1.29 is 0 Å². The zero-order chi connectivity index (χ0) is 18.5. The molecule has 1 nitrogen and oxygen atoms in total. The van der Waals surface area contributed by atoms with Crippen molar-refractivity contribution in [2.24, 2.45) is 0 Å². The quantitative estimate of drug-likeness (QED) is 0.494. The van der Waals surface area contributed by atoms with E-state index in [0.29, 0.717) is 4.75 Å². The van der Waals surface area contributed by atoms with E-state index in [9.17, 15) is 0 Å². The Hall–Kier alpha value is -1.29. The van der Waals surface area contributed by atoms with E-state index in [4.69, 9.17) is 0 Å². The number of hydrogen-bond acceptors (Lipinski definition) is 3. The molecule has 0 radical (unpaired) electrons. The highest BCUT2D eigenvalue weighted by Crippen LogP contribution is 2.59. The Balaban J connectivity index is 1.56. The van der Waals surface area contributed by atoms with Gasteiger partial charge in [-0.05, 0) is 74.5 Å². The van der Waals surface area contributed by atoms with Crippen LogP contribution >= 0.6 is 23.1 Å². The van der Waals surface area contributed by atoms with Crippen molar-refractivity contribution in [3.05, 3.63) is 70.6 Å². The van der Waals surface area contributed by atoms with Gasteiger partial charge in [0, 0.05) is 19.9 Å². The fourth-order valence-corrected chi connectivity index (χ4v) is 8.45. The summed E-state index contributed by atoms with van der Waals surface area (Å²) in [4.78, 5) is 4.14. The van der Waals surface area contributed by atoms with Crippen LogP contribution in [-0.4, -0.2) is 24.7 Å². The smallest absolute Gasteiger partial charge is 0.0456 e. The number of thioether (sulfide) groups is 1. The minimum Gasteiger partial charge on any atom is -0.300 e. The van der Waals surface area contributed by atoms with Crippen molar-refractivity contribution >= 4 is 33.2 Å². The molecule has 2 aliphatic rings. The second kappa shape index (κ2) is 6.65. The molecule has 0 saturated heterocycles. The van der Waals surface area contributed by atoms with Gasteiger partial charge in [0.05, 0.1) is 0 Å². The first-order chi connectivity index (χ1) is 13.1. The van der Waals surface area contributed by atoms with Gasteiger partial charge in [0.25, 0.3) is 0 Å². The molecular formula is C24H27NS2. The zero-order valence-corrected chi connectivity index (χ0v) is 17.8. The number of rotatable bonds is 2. The molecule has 1 aliphatic heterocycles. The van der Waals surface area contributed by atoms with Crippen molar-refractivity contribution in [2.75, 3.05) is 19.8 Å². The second-order valence-corrected chi connectivity index (χ2v) is 10.9. The molecule has 0 amide bonds. The average molecular weight is 394 g/mol. The van der Waals surface area contributed by atoms with Crippen LogP contribution in [0, 0.1) is 0 Å². The van der Waals surface area contributed by atoms with E-state index in [-0.39, 0.29) is 5.54 Å². The van der Waals surface area contributed by atoms with Crippen LogP contribution in [0.1, 0.15) is 41.7 Å². The number of aryl methyl sites for hydroxylation is 1. The minimum atomic E-state index is 0.177. The highest BCUT2D eigenvalue weighted by atomic mass is 32.2. The van der Waals surface area contributed by atoms with Crippen molar-refractivity contribution in [3.8, 4) is 0 Å². The summed E-state index contributed by atoms with van der Waals surface area (Å²) < 4.78 is 1.80. The minimum absolute atomic E-state index is 0.177. The van der Waals surface area contributed by atoms with Crippen molar-refractivity contribution in [1.82, 2.24) is 4.90 Å². The molecular weight excluding hydrogens is 366 g/mol. The molecule has 2 heterocycles. The van der Waals surface area contributed by atoms with Crippen LogP contribution in [0.25, 0.3) is 10.1 Å². The van der Waals surface area contributed by atoms with Gasteiger partial charge in [-0.25, -0.2) is 0 Å². The van der Waals surface area contributed by atoms with Crippen molar-refractivity contribution in [1.29, 1.82) is 0 Å². The second-order valence-electron chi connectivity index (χ2n) is 8.28. The van der Waals surface area contributed by atoms with Crippen LogP contribution in [0.2, 0.25) is 0 Å². The zero-order valence-electron chi connectivity index (χ0n) is 16.2. The van der Waals surface area contributed by atoms with E-state index in [0.717, 1.165) is 0 Å². The maximum atomic E-state index is 2.48. The molecule has 1 saturated carbocycles. The average Bonchev–Trinajstić information content (AvgIpc) is 3.09. The van der Waals surface area contributed by atoms with Gasteiger partial charge in [0.2, 0.25) is 0 Å². The summed E-state index contributed by atoms with van der Waals surface area (Å²) in [6, 6.07) is 20.3. The molecule has 5 rings (SSSR count). The summed E-state index contributed by atoms with van der Waals surface area (Å²) in [7, 11) is 4.54. The monoisotopic (exact) mass is 393 g/mol. The molecule has 1 aromatic heterocycles. The molecule has 3 heteroatoms. The van der Waals surface area contributed by atoms with Gasteiger partial charge in [-0.1, -0.05) is 48.5 Å². The van der Waals surface area contributed by atoms with E-state index in [1.165, 1.54) is 53.5 Å². The van der Waals surface area contributed by atoms with Crippen molar-refractivity contribution in [3.63, 3.8) is 0 Å². The first kappa shape index (κ1) is 17.8. The fraction of sp³-hybridized carbons (Fsp3) is 0.417. The van der Waals surface area contributed by atoms with Crippen LogP contribution in [0.5, 0.6) is 0 Å². The van der Waals surface area contributed by atoms with Gasteiger partial charge in [0.1, 0.15) is 0 Å². The first-order valence-corrected chi connectivity index (χ1v) is 11.8. The highest BCUT2D eigenvalue weighted by molar-refractivity contribution is 8.00. The molecule has 27 heavy (non-hydrogen) atoms. The predicted octanol–water partition coefficient (Wildman–Crippen LogP) is 6.42. The van der Waals surface area contributed by atoms with Gasteiger partial charge in [-0.3, -0.25) is 4.90 Å². The van der Waals surface area contributed by atoms with Crippen LogP contribution in [-0.2, 0) is 16.7 Å². The van der Waals surface area contributed by atoms with Gasteiger partial charge >= 0.3 is 0 Å². The normalized spacial score (nSPS) is 28.0. The van der Waals surface area contributed by atoms with Gasteiger partial charge in [-0.15, -0.1) is 23.1 Å². The molecule has 1 aliphatic carbocycles. The summed E-state index contributed by atoms with van der Waals surface area (Å²) in [5.74, 6) is 1.28. The topological polar surface area (TPSA) is 3.24 Å². The summed E-state index contributed by atoms with van der Waals surface area (Å²) >= 11 is 4.29. The van der Waals surface area contributed by atoms with Crippen LogP contribution in [0.15, 0.2) is 54.6 Å². The molecule has 0 N–H and O–H groups in total. The summed E-state index contributed by atoms with van der Waals surface area (Å²) in [5, 5.41) is 1.53. The Kier molecular flexibility index (Phi) is 4.38. The van der Waals surface area contributed by atoms with E-state index in [1.807, 2.05) is 11.3 Å². The number of thiophene rings is 1.